The van der Waals surface area contributed by atoms with Crippen LogP contribution in [0, 0.1) is 6.92 Å². The molecule has 0 aliphatic carbocycles. The molecule has 1 heterocycles. The predicted octanol–water partition coefficient (Wildman–Crippen LogP) is 3.43. The summed E-state index contributed by atoms with van der Waals surface area (Å²) in [6.07, 6.45) is 1.72. The number of aryl methyl sites for hydroxylation is 1. The van der Waals surface area contributed by atoms with Crippen LogP contribution in [0.1, 0.15) is 29.7 Å². The maximum Gasteiger partial charge on any atom is 0.128 e. The topological polar surface area (TPSA) is 50.9 Å². The third-order valence-corrected chi connectivity index (χ3v) is 3.63. The molecule has 100 valence electrons. The van der Waals surface area contributed by atoms with E-state index in [9.17, 15) is 0 Å². The second-order valence-electron chi connectivity index (χ2n) is 4.47. The van der Waals surface area contributed by atoms with Crippen LogP contribution in [0.2, 0.25) is 0 Å². The number of nitrogens with zero attached hydrogens (tertiary/aromatic N) is 1. The molecule has 0 aliphatic heterocycles. The van der Waals surface area contributed by atoms with E-state index in [1.54, 1.807) is 6.20 Å². The zero-order valence-corrected chi connectivity index (χ0v) is 12.7. The fourth-order valence-electron chi connectivity index (χ4n) is 2.23. The van der Waals surface area contributed by atoms with Crippen molar-refractivity contribution in [2.24, 2.45) is 0 Å². The maximum absolute atomic E-state index is 6.01. The van der Waals surface area contributed by atoms with E-state index < -0.39 is 0 Å². The standard InChI is InChI=1S/C15H18BrN3/c1-3-18-14(13-5-4-8-19-15(13)17)12-7-6-11(16)9-10(12)2/h4-9,14,18H,3H2,1-2H3,(H2,17,19). The number of hydrogen-bond donors (Lipinski definition) is 2. The Hall–Kier alpha value is -1.39. The minimum Gasteiger partial charge on any atom is -0.383 e. The number of pyridine rings is 1. The van der Waals surface area contributed by atoms with Crippen molar-refractivity contribution in [3.8, 4) is 0 Å². The highest BCUT2D eigenvalue weighted by atomic mass is 79.9. The molecule has 2 rings (SSSR count). The lowest BCUT2D eigenvalue weighted by Crippen LogP contribution is -2.24. The fraction of sp³-hybridized carbons (Fsp3) is 0.267. The smallest absolute Gasteiger partial charge is 0.128 e. The Labute approximate surface area is 122 Å². The molecule has 3 nitrogen and oxygen atoms in total. The van der Waals surface area contributed by atoms with Gasteiger partial charge >= 0.3 is 0 Å². The van der Waals surface area contributed by atoms with Gasteiger partial charge in [-0.05, 0) is 42.8 Å². The largest absolute Gasteiger partial charge is 0.383 e. The van der Waals surface area contributed by atoms with Crippen molar-refractivity contribution >= 4 is 21.7 Å². The Morgan fingerprint density at radius 3 is 2.74 bits per heavy atom. The Morgan fingerprint density at radius 1 is 1.32 bits per heavy atom. The number of benzene rings is 1. The van der Waals surface area contributed by atoms with Crippen molar-refractivity contribution in [3.63, 3.8) is 0 Å². The average Bonchev–Trinajstić information content (AvgIpc) is 2.38. The highest BCUT2D eigenvalue weighted by Gasteiger charge is 2.17. The lowest BCUT2D eigenvalue weighted by Gasteiger charge is -2.22. The molecule has 0 spiro atoms. The second-order valence-corrected chi connectivity index (χ2v) is 5.39. The first kappa shape index (κ1) is 14.0. The third kappa shape index (κ3) is 3.14. The van der Waals surface area contributed by atoms with Crippen LogP contribution in [-0.4, -0.2) is 11.5 Å². The molecule has 0 radical (unpaired) electrons. The van der Waals surface area contributed by atoms with Crippen molar-refractivity contribution < 1.29 is 0 Å². The van der Waals surface area contributed by atoms with Crippen LogP contribution in [-0.2, 0) is 0 Å². The number of nitrogens with one attached hydrogen (secondary N) is 1. The van der Waals surface area contributed by atoms with Crippen LogP contribution in [0.4, 0.5) is 5.82 Å². The molecule has 0 fully saturated rings. The van der Waals surface area contributed by atoms with Crippen molar-refractivity contribution in [2.45, 2.75) is 19.9 Å². The molecule has 3 N–H and O–H groups in total. The molecule has 19 heavy (non-hydrogen) atoms. The van der Waals surface area contributed by atoms with Crippen LogP contribution in [0.5, 0.6) is 0 Å². The molecule has 0 saturated carbocycles. The van der Waals surface area contributed by atoms with Gasteiger partial charge in [0, 0.05) is 16.2 Å². The van der Waals surface area contributed by atoms with Crippen molar-refractivity contribution in [1.82, 2.24) is 10.3 Å². The van der Waals surface area contributed by atoms with Gasteiger partial charge in [-0.2, -0.15) is 0 Å². The zero-order chi connectivity index (χ0) is 13.8. The summed E-state index contributed by atoms with van der Waals surface area (Å²) in [5.74, 6) is 0.579. The summed E-state index contributed by atoms with van der Waals surface area (Å²) in [6, 6.07) is 10.3. The predicted molar refractivity (Wildman–Crippen MR) is 83.0 cm³/mol. The van der Waals surface area contributed by atoms with Crippen molar-refractivity contribution in [2.75, 3.05) is 12.3 Å². The number of hydrogen-bond acceptors (Lipinski definition) is 3. The van der Waals surface area contributed by atoms with Crippen LogP contribution in [0.3, 0.4) is 0 Å². The highest BCUT2D eigenvalue weighted by molar-refractivity contribution is 9.10. The molecule has 1 unspecified atom stereocenters. The SMILES string of the molecule is CCNC(c1ccc(Br)cc1C)c1cccnc1N. The Kier molecular flexibility index (Phi) is 4.56. The van der Waals surface area contributed by atoms with Crippen LogP contribution < -0.4 is 11.1 Å². The van der Waals surface area contributed by atoms with Crippen LogP contribution >= 0.6 is 15.9 Å². The molecule has 0 saturated heterocycles. The van der Waals surface area contributed by atoms with Gasteiger partial charge in [-0.1, -0.05) is 35.0 Å². The van der Waals surface area contributed by atoms with Gasteiger partial charge in [0.1, 0.15) is 5.82 Å². The fourth-order valence-corrected chi connectivity index (χ4v) is 2.70. The minimum absolute atomic E-state index is 0.0757. The van der Waals surface area contributed by atoms with Gasteiger partial charge in [-0.15, -0.1) is 0 Å². The summed E-state index contributed by atoms with van der Waals surface area (Å²) in [4.78, 5) is 4.18. The molecule has 2 aromatic rings. The summed E-state index contributed by atoms with van der Waals surface area (Å²) in [5, 5.41) is 3.48. The van der Waals surface area contributed by atoms with Crippen LogP contribution in [0.25, 0.3) is 0 Å². The van der Waals surface area contributed by atoms with E-state index in [-0.39, 0.29) is 6.04 Å². The Bertz CT molecular complexity index is 569. The molecule has 0 amide bonds. The monoisotopic (exact) mass is 319 g/mol. The van der Waals surface area contributed by atoms with Gasteiger partial charge in [0.05, 0.1) is 6.04 Å². The van der Waals surface area contributed by atoms with Crippen molar-refractivity contribution in [3.05, 3.63) is 57.7 Å². The average molecular weight is 320 g/mol. The van der Waals surface area contributed by atoms with E-state index in [1.807, 2.05) is 12.1 Å². The molecular formula is C15H18BrN3. The molecular weight excluding hydrogens is 302 g/mol. The van der Waals surface area contributed by atoms with Gasteiger partial charge in [-0.25, -0.2) is 4.98 Å². The lowest BCUT2D eigenvalue weighted by molar-refractivity contribution is 0.627. The van der Waals surface area contributed by atoms with E-state index in [0.29, 0.717) is 5.82 Å². The highest BCUT2D eigenvalue weighted by Crippen LogP contribution is 2.29. The molecule has 0 aliphatic rings. The number of halogens is 1. The van der Waals surface area contributed by atoms with Gasteiger partial charge in [-0.3, -0.25) is 0 Å². The van der Waals surface area contributed by atoms with Gasteiger partial charge in [0.15, 0.2) is 0 Å². The number of nitrogens with two attached hydrogens (primary N) is 1. The molecule has 1 atom stereocenters. The molecule has 1 aromatic carbocycles. The second kappa shape index (κ2) is 6.17. The Balaban J connectivity index is 2.48. The summed E-state index contributed by atoms with van der Waals surface area (Å²) >= 11 is 3.50. The molecule has 4 heteroatoms. The van der Waals surface area contributed by atoms with E-state index in [1.165, 1.54) is 11.1 Å². The summed E-state index contributed by atoms with van der Waals surface area (Å²) in [5.41, 5.74) is 9.48. The summed E-state index contributed by atoms with van der Waals surface area (Å²) < 4.78 is 1.09. The minimum atomic E-state index is 0.0757. The van der Waals surface area contributed by atoms with Gasteiger partial charge in [0.25, 0.3) is 0 Å². The van der Waals surface area contributed by atoms with Gasteiger partial charge in [0.2, 0.25) is 0 Å². The lowest BCUT2D eigenvalue weighted by atomic mass is 9.95. The van der Waals surface area contributed by atoms with Crippen LogP contribution in [0.15, 0.2) is 41.0 Å². The third-order valence-electron chi connectivity index (χ3n) is 3.13. The number of rotatable bonds is 4. The van der Waals surface area contributed by atoms with Crippen molar-refractivity contribution in [1.29, 1.82) is 0 Å². The van der Waals surface area contributed by atoms with Gasteiger partial charge < -0.3 is 11.1 Å². The maximum atomic E-state index is 6.01. The number of nitrogen functional groups attached to an aromatic ring is 1. The van der Waals surface area contributed by atoms with E-state index in [4.69, 9.17) is 5.73 Å². The molecule has 1 aromatic heterocycles. The summed E-state index contributed by atoms with van der Waals surface area (Å²) in [6.45, 7) is 5.07. The van der Waals surface area contributed by atoms with E-state index in [2.05, 4.69) is 58.3 Å². The first-order valence-electron chi connectivity index (χ1n) is 6.33. The number of anilines is 1. The first-order chi connectivity index (χ1) is 9.13. The molecule has 0 bridgehead atoms. The quantitative estimate of drug-likeness (QED) is 0.907. The Morgan fingerprint density at radius 2 is 2.11 bits per heavy atom. The van der Waals surface area contributed by atoms with E-state index >= 15 is 0 Å². The normalized spacial score (nSPS) is 12.4. The van der Waals surface area contributed by atoms with E-state index in [0.717, 1.165) is 16.6 Å². The first-order valence-corrected chi connectivity index (χ1v) is 7.12. The summed E-state index contributed by atoms with van der Waals surface area (Å²) in [7, 11) is 0. The zero-order valence-electron chi connectivity index (χ0n) is 11.2. The number of aromatic nitrogens is 1.